The summed E-state index contributed by atoms with van der Waals surface area (Å²) < 4.78 is 44.3. The molecule has 0 aromatic carbocycles. The largest absolute Gasteiger partial charge is 0.462 e. The molecule has 1 N–H and O–H groups in total. The Bertz CT molecular complexity index is 1160. The van der Waals surface area contributed by atoms with Crippen molar-refractivity contribution in [2.45, 2.75) is 19.6 Å². The molecule has 1 aliphatic rings. The summed E-state index contributed by atoms with van der Waals surface area (Å²) >= 11 is 0. The van der Waals surface area contributed by atoms with Crippen LogP contribution in [-0.4, -0.2) is 63.2 Å². The van der Waals surface area contributed by atoms with E-state index in [1.807, 2.05) is 4.90 Å². The van der Waals surface area contributed by atoms with Crippen LogP contribution >= 0.6 is 0 Å². The van der Waals surface area contributed by atoms with Crippen molar-refractivity contribution in [1.29, 1.82) is 0 Å². The molecule has 1 saturated heterocycles. The van der Waals surface area contributed by atoms with Gasteiger partial charge in [0.15, 0.2) is 5.65 Å². The second-order valence-electron chi connectivity index (χ2n) is 7.32. The van der Waals surface area contributed by atoms with Gasteiger partial charge in [0.2, 0.25) is 0 Å². The number of piperazine rings is 1. The van der Waals surface area contributed by atoms with E-state index in [4.69, 9.17) is 4.74 Å². The number of hydrogen-bond donors (Lipinski definition) is 1. The fourth-order valence-corrected chi connectivity index (χ4v) is 3.57. The van der Waals surface area contributed by atoms with E-state index >= 15 is 0 Å². The molecular weight excluding hydrogens is 429 g/mol. The maximum absolute atomic E-state index is 12.7. The lowest BCUT2D eigenvalue weighted by molar-refractivity contribution is -0.137. The van der Waals surface area contributed by atoms with Gasteiger partial charge in [-0.1, -0.05) is 0 Å². The lowest BCUT2D eigenvalue weighted by Crippen LogP contribution is -2.46. The number of fused-ring (bicyclic) bond motifs is 1. The van der Waals surface area contributed by atoms with Gasteiger partial charge >= 0.3 is 12.1 Å². The molecule has 3 aromatic heterocycles. The van der Waals surface area contributed by atoms with Crippen molar-refractivity contribution in [3.63, 3.8) is 0 Å². The van der Waals surface area contributed by atoms with Crippen molar-refractivity contribution in [1.82, 2.24) is 24.5 Å². The average molecular weight is 450 g/mol. The van der Waals surface area contributed by atoms with Gasteiger partial charge in [-0.25, -0.2) is 19.3 Å². The molecule has 1 fully saturated rings. The molecule has 9 nitrogen and oxygen atoms in total. The van der Waals surface area contributed by atoms with Gasteiger partial charge in [0, 0.05) is 51.2 Å². The summed E-state index contributed by atoms with van der Waals surface area (Å²) in [6.07, 6.45) is -2.18. The predicted octanol–water partition coefficient (Wildman–Crippen LogP) is 1.94. The Morgan fingerprint density at radius 2 is 1.97 bits per heavy atom. The van der Waals surface area contributed by atoms with Crippen LogP contribution in [0.3, 0.4) is 0 Å². The van der Waals surface area contributed by atoms with Gasteiger partial charge in [-0.2, -0.15) is 13.2 Å². The highest BCUT2D eigenvalue weighted by Gasteiger charge is 2.31. The molecule has 0 spiro atoms. The highest BCUT2D eigenvalue weighted by atomic mass is 19.4. The molecular formula is C20H21F3N6O3. The molecule has 0 aliphatic carbocycles. The Hall–Kier alpha value is -3.41. The molecule has 4 heterocycles. The summed E-state index contributed by atoms with van der Waals surface area (Å²) in [6.45, 7) is 4.65. The normalized spacial score (nSPS) is 15.3. The van der Waals surface area contributed by atoms with Crippen molar-refractivity contribution < 1.29 is 22.7 Å². The smallest absolute Gasteiger partial charge is 0.417 e. The number of esters is 1. The van der Waals surface area contributed by atoms with Crippen molar-refractivity contribution >= 4 is 17.4 Å². The quantitative estimate of drug-likeness (QED) is 0.594. The zero-order chi connectivity index (χ0) is 22.9. The summed E-state index contributed by atoms with van der Waals surface area (Å²) in [7, 11) is 0. The third-order valence-corrected chi connectivity index (χ3v) is 5.20. The Morgan fingerprint density at radius 3 is 2.59 bits per heavy atom. The van der Waals surface area contributed by atoms with E-state index in [1.54, 1.807) is 6.92 Å². The second kappa shape index (κ2) is 8.61. The molecule has 4 rings (SSSR count). The number of pyridine rings is 1. The number of carbonyl (C=O) groups excluding carboxylic acids is 1. The van der Waals surface area contributed by atoms with Crippen molar-refractivity contribution in [3.8, 4) is 0 Å². The van der Waals surface area contributed by atoms with Gasteiger partial charge in [0.05, 0.1) is 17.9 Å². The van der Waals surface area contributed by atoms with Gasteiger partial charge in [-0.05, 0) is 19.1 Å². The molecule has 0 bridgehead atoms. The van der Waals surface area contributed by atoms with Crippen molar-refractivity contribution in [2.75, 3.05) is 37.7 Å². The molecule has 32 heavy (non-hydrogen) atoms. The van der Waals surface area contributed by atoms with E-state index in [-0.39, 0.29) is 23.4 Å². The molecule has 12 heteroatoms. The van der Waals surface area contributed by atoms with Gasteiger partial charge in [0.25, 0.3) is 5.56 Å². The minimum absolute atomic E-state index is 0.184. The van der Waals surface area contributed by atoms with E-state index < -0.39 is 17.7 Å². The maximum atomic E-state index is 12.7. The predicted molar refractivity (Wildman–Crippen MR) is 108 cm³/mol. The summed E-state index contributed by atoms with van der Waals surface area (Å²) in [5.74, 6) is -0.0743. The summed E-state index contributed by atoms with van der Waals surface area (Å²) in [6, 6.07) is 3.80. The lowest BCUT2D eigenvalue weighted by atomic mass is 10.2. The number of nitrogens with zero attached hydrogens (tertiary/aromatic N) is 5. The topological polar surface area (TPSA) is 95.8 Å². The highest BCUT2D eigenvalue weighted by molar-refractivity contribution is 5.95. The van der Waals surface area contributed by atoms with Gasteiger partial charge in [-0.15, -0.1) is 0 Å². The van der Waals surface area contributed by atoms with Crippen LogP contribution in [0.4, 0.5) is 19.0 Å². The average Bonchev–Trinajstić information content (AvgIpc) is 3.19. The fourth-order valence-electron chi connectivity index (χ4n) is 3.57. The van der Waals surface area contributed by atoms with Crippen LogP contribution < -0.4 is 10.5 Å². The first-order chi connectivity index (χ1) is 15.3. The third kappa shape index (κ3) is 4.44. The highest BCUT2D eigenvalue weighted by Crippen LogP contribution is 2.29. The SMILES string of the molecule is CCOC(=O)c1c[nH]n2c(=O)cc(CN3CCN(c4ccc(C(F)(F)F)cn4)CC3)nc12. The number of nitrogens with one attached hydrogen (secondary N) is 1. The number of anilines is 1. The van der Waals surface area contributed by atoms with Gasteiger partial charge in [0.1, 0.15) is 11.4 Å². The monoisotopic (exact) mass is 450 g/mol. The van der Waals surface area contributed by atoms with E-state index in [9.17, 15) is 22.8 Å². The fraction of sp³-hybridized carbons (Fsp3) is 0.400. The van der Waals surface area contributed by atoms with Crippen LogP contribution in [0.25, 0.3) is 5.65 Å². The number of halogens is 3. The number of aromatic amines is 1. The van der Waals surface area contributed by atoms with Crippen LogP contribution in [0.2, 0.25) is 0 Å². The molecule has 0 atom stereocenters. The van der Waals surface area contributed by atoms with Crippen LogP contribution in [0.1, 0.15) is 28.5 Å². The number of H-pyrrole nitrogens is 1. The number of hydrogen-bond acceptors (Lipinski definition) is 7. The standard InChI is InChI=1S/C20H21F3N6O3/c1-2-32-19(31)15-11-25-29-17(30)9-14(26-18(15)29)12-27-5-7-28(8-6-27)16-4-3-13(10-24-16)20(21,22)23/h3-4,9-11,25H,2,5-8,12H2,1H3. The third-order valence-electron chi connectivity index (χ3n) is 5.20. The van der Waals surface area contributed by atoms with Gasteiger partial charge < -0.3 is 9.64 Å². The molecule has 0 radical (unpaired) electrons. The Kier molecular flexibility index (Phi) is 5.87. The Balaban J connectivity index is 1.43. The first kappa shape index (κ1) is 21.8. The zero-order valence-electron chi connectivity index (χ0n) is 17.2. The van der Waals surface area contributed by atoms with Crippen LogP contribution in [0.15, 0.2) is 35.4 Å². The molecule has 3 aromatic rings. The maximum Gasteiger partial charge on any atom is 0.417 e. The van der Waals surface area contributed by atoms with E-state index in [2.05, 4.69) is 20.0 Å². The molecule has 0 saturated carbocycles. The first-order valence-electron chi connectivity index (χ1n) is 10.0. The Morgan fingerprint density at radius 1 is 1.22 bits per heavy atom. The summed E-state index contributed by atoms with van der Waals surface area (Å²) in [4.78, 5) is 36.9. The van der Waals surface area contributed by atoms with Crippen LogP contribution in [0.5, 0.6) is 0 Å². The number of carbonyl (C=O) groups is 1. The summed E-state index contributed by atoms with van der Waals surface area (Å²) in [5, 5.41) is 2.71. The molecule has 0 unspecified atom stereocenters. The summed E-state index contributed by atoms with van der Waals surface area (Å²) in [5.41, 5.74) is -0.212. The lowest BCUT2D eigenvalue weighted by Gasteiger charge is -2.35. The van der Waals surface area contributed by atoms with Crippen LogP contribution in [0, 0.1) is 0 Å². The first-order valence-corrected chi connectivity index (χ1v) is 10.0. The number of alkyl halides is 3. The minimum atomic E-state index is -4.41. The van der Waals surface area contributed by atoms with Gasteiger partial charge in [-0.3, -0.25) is 14.8 Å². The zero-order valence-corrected chi connectivity index (χ0v) is 17.2. The van der Waals surface area contributed by atoms with Crippen molar-refractivity contribution in [2.24, 2.45) is 0 Å². The minimum Gasteiger partial charge on any atom is -0.462 e. The van der Waals surface area contributed by atoms with Crippen LogP contribution in [-0.2, 0) is 17.5 Å². The number of ether oxygens (including phenoxy) is 1. The van der Waals surface area contributed by atoms with E-state index in [1.165, 1.54) is 22.8 Å². The number of aromatic nitrogens is 4. The number of rotatable bonds is 5. The molecule has 0 amide bonds. The second-order valence-corrected chi connectivity index (χ2v) is 7.32. The van der Waals surface area contributed by atoms with E-state index in [0.717, 1.165) is 12.3 Å². The molecule has 170 valence electrons. The van der Waals surface area contributed by atoms with E-state index in [0.29, 0.717) is 44.2 Å². The Labute approximate surface area is 180 Å². The molecule has 1 aliphatic heterocycles. The van der Waals surface area contributed by atoms with Crippen molar-refractivity contribution in [3.05, 3.63) is 57.8 Å².